The van der Waals surface area contributed by atoms with Gasteiger partial charge < -0.3 is 15.0 Å². The minimum Gasteiger partial charge on any atom is -0.379 e. The van der Waals surface area contributed by atoms with E-state index in [1.807, 2.05) is 50.8 Å². The number of carbonyl (C=O) groups excluding carboxylic acids is 2. The molecule has 148 valence electrons. The van der Waals surface area contributed by atoms with Crippen LogP contribution in [0.15, 0.2) is 18.2 Å². The summed E-state index contributed by atoms with van der Waals surface area (Å²) in [4.78, 5) is 29.9. The molecule has 0 aromatic heterocycles. The van der Waals surface area contributed by atoms with Crippen LogP contribution in [0.5, 0.6) is 0 Å². The van der Waals surface area contributed by atoms with Crippen molar-refractivity contribution in [3.05, 3.63) is 29.3 Å². The third-order valence-electron chi connectivity index (χ3n) is 5.52. The van der Waals surface area contributed by atoms with Crippen LogP contribution >= 0.6 is 0 Å². The molecular formula is C21H31N3O3. The zero-order chi connectivity index (χ0) is 19.8. The number of benzene rings is 1. The second-order valence-corrected chi connectivity index (χ2v) is 8.89. The molecule has 2 atom stereocenters. The molecular weight excluding hydrogens is 342 g/mol. The quantitative estimate of drug-likeness (QED) is 0.865. The number of likely N-dealkylation sites (N-methyl/N-ethyl adjacent to an activating group) is 1. The zero-order valence-corrected chi connectivity index (χ0v) is 17.0. The molecule has 0 unspecified atom stereocenters. The number of ether oxygens (including phenoxy) is 1. The van der Waals surface area contributed by atoms with Crippen molar-refractivity contribution < 1.29 is 14.3 Å². The van der Waals surface area contributed by atoms with E-state index in [0.29, 0.717) is 43.5 Å². The molecule has 0 aliphatic carbocycles. The van der Waals surface area contributed by atoms with Gasteiger partial charge in [0.15, 0.2) is 0 Å². The highest BCUT2D eigenvalue weighted by Gasteiger charge is 2.34. The minimum absolute atomic E-state index is 0.0338. The van der Waals surface area contributed by atoms with Crippen molar-refractivity contribution in [2.45, 2.75) is 33.7 Å². The van der Waals surface area contributed by atoms with Gasteiger partial charge in [0, 0.05) is 42.2 Å². The van der Waals surface area contributed by atoms with Gasteiger partial charge in [-0.25, -0.2) is 0 Å². The smallest absolute Gasteiger partial charge is 0.254 e. The van der Waals surface area contributed by atoms with Crippen molar-refractivity contribution in [3.8, 4) is 0 Å². The summed E-state index contributed by atoms with van der Waals surface area (Å²) >= 11 is 0. The highest BCUT2D eigenvalue weighted by molar-refractivity contribution is 6.00. The van der Waals surface area contributed by atoms with E-state index in [2.05, 4.69) is 17.3 Å². The molecule has 1 aromatic carbocycles. The van der Waals surface area contributed by atoms with Crippen LogP contribution < -0.4 is 5.32 Å². The van der Waals surface area contributed by atoms with Crippen molar-refractivity contribution in [3.63, 3.8) is 0 Å². The number of amides is 2. The highest BCUT2D eigenvalue weighted by atomic mass is 16.5. The Labute approximate surface area is 161 Å². The Hall–Kier alpha value is -1.92. The molecule has 1 aromatic rings. The number of nitrogens with one attached hydrogen (secondary N) is 1. The van der Waals surface area contributed by atoms with E-state index in [-0.39, 0.29) is 17.9 Å². The first-order chi connectivity index (χ1) is 12.7. The van der Waals surface area contributed by atoms with Gasteiger partial charge in [0.05, 0.1) is 19.3 Å². The van der Waals surface area contributed by atoms with Gasteiger partial charge in [0.25, 0.3) is 5.91 Å². The molecule has 2 aliphatic heterocycles. The summed E-state index contributed by atoms with van der Waals surface area (Å²) in [6.07, 6.45) is 0. The first kappa shape index (κ1) is 19.8. The van der Waals surface area contributed by atoms with E-state index in [0.717, 1.165) is 12.1 Å². The monoisotopic (exact) mass is 373 g/mol. The summed E-state index contributed by atoms with van der Waals surface area (Å²) in [6, 6.07) is 5.78. The van der Waals surface area contributed by atoms with Crippen LogP contribution in [0.25, 0.3) is 0 Å². The maximum Gasteiger partial charge on any atom is 0.254 e. The Morgan fingerprint density at radius 2 is 1.89 bits per heavy atom. The molecule has 1 N–H and O–H groups in total. The molecule has 2 amide bonds. The number of nitrogens with zero attached hydrogens (tertiary/aromatic N) is 2. The fourth-order valence-corrected chi connectivity index (χ4v) is 3.70. The van der Waals surface area contributed by atoms with E-state index >= 15 is 0 Å². The maximum absolute atomic E-state index is 13.3. The predicted molar refractivity (Wildman–Crippen MR) is 106 cm³/mol. The fourth-order valence-electron chi connectivity index (χ4n) is 3.70. The predicted octanol–water partition coefficient (Wildman–Crippen LogP) is 2.38. The molecule has 27 heavy (non-hydrogen) atoms. The second-order valence-electron chi connectivity index (χ2n) is 8.89. The Bertz CT molecular complexity index is 726. The summed E-state index contributed by atoms with van der Waals surface area (Å²) in [5.41, 5.74) is 1.69. The number of rotatable bonds is 2. The summed E-state index contributed by atoms with van der Waals surface area (Å²) in [5, 5.41) is 2.97. The molecule has 2 bridgehead atoms. The normalized spacial score (nSPS) is 23.7. The Morgan fingerprint density at radius 3 is 2.59 bits per heavy atom. The summed E-state index contributed by atoms with van der Waals surface area (Å²) in [6.45, 7) is 11.2. The van der Waals surface area contributed by atoms with E-state index in [1.54, 1.807) is 0 Å². The Morgan fingerprint density at radius 1 is 1.15 bits per heavy atom. The Kier molecular flexibility index (Phi) is 5.58. The van der Waals surface area contributed by atoms with Crippen molar-refractivity contribution >= 4 is 17.5 Å². The molecule has 2 aliphatic rings. The van der Waals surface area contributed by atoms with Gasteiger partial charge in [0.1, 0.15) is 0 Å². The van der Waals surface area contributed by atoms with Crippen LogP contribution in [-0.4, -0.2) is 67.6 Å². The zero-order valence-electron chi connectivity index (χ0n) is 17.0. The lowest BCUT2D eigenvalue weighted by molar-refractivity contribution is -0.123. The van der Waals surface area contributed by atoms with Crippen LogP contribution in [0.3, 0.4) is 0 Å². The molecule has 2 fully saturated rings. The van der Waals surface area contributed by atoms with Crippen molar-refractivity contribution in [1.82, 2.24) is 9.80 Å². The van der Waals surface area contributed by atoms with Crippen LogP contribution in [0, 0.1) is 18.3 Å². The fraction of sp³-hybridized carbons (Fsp3) is 0.619. The summed E-state index contributed by atoms with van der Waals surface area (Å²) in [5.74, 6) is 0.306. The SMILES string of the molecule is Cc1c(NC(=O)C(C)(C)C)cccc1C(=O)N1C[C@@H]2COC[C@H](C1)N(C)C2. The van der Waals surface area contributed by atoms with Gasteiger partial charge in [-0.2, -0.15) is 0 Å². The van der Waals surface area contributed by atoms with E-state index in [1.165, 1.54) is 0 Å². The largest absolute Gasteiger partial charge is 0.379 e. The van der Waals surface area contributed by atoms with E-state index in [4.69, 9.17) is 4.74 Å². The van der Waals surface area contributed by atoms with E-state index < -0.39 is 5.41 Å². The highest BCUT2D eigenvalue weighted by Crippen LogP contribution is 2.25. The molecule has 0 radical (unpaired) electrons. The average molecular weight is 373 g/mol. The van der Waals surface area contributed by atoms with Crippen LogP contribution in [0.4, 0.5) is 5.69 Å². The summed E-state index contributed by atoms with van der Waals surface area (Å²) < 4.78 is 5.76. The molecule has 2 saturated heterocycles. The average Bonchev–Trinajstić information content (AvgIpc) is 2.83. The van der Waals surface area contributed by atoms with Crippen molar-refractivity contribution in [1.29, 1.82) is 0 Å². The molecule has 0 spiro atoms. The first-order valence-corrected chi connectivity index (χ1v) is 9.65. The van der Waals surface area contributed by atoms with Crippen LogP contribution in [0.2, 0.25) is 0 Å². The molecule has 2 heterocycles. The Balaban J connectivity index is 1.83. The number of anilines is 1. The van der Waals surface area contributed by atoms with Gasteiger partial charge in [-0.05, 0) is 31.7 Å². The molecule has 6 heteroatoms. The molecule has 6 nitrogen and oxygen atoms in total. The van der Waals surface area contributed by atoms with Crippen LogP contribution in [-0.2, 0) is 9.53 Å². The van der Waals surface area contributed by atoms with Crippen molar-refractivity contribution in [2.75, 3.05) is 45.2 Å². The summed E-state index contributed by atoms with van der Waals surface area (Å²) in [7, 11) is 2.11. The van der Waals surface area contributed by atoms with E-state index in [9.17, 15) is 9.59 Å². The number of hydrogen-bond acceptors (Lipinski definition) is 4. The topological polar surface area (TPSA) is 61.9 Å². The molecule has 3 rings (SSSR count). The first-order valence-electron chi connectivity index (χ1n) is 9.65. The number of hydrogen-bond donors (Lipinski definition) is 1. The lowest BCUT2D eigenvalue weighted by Gasteiger charge is -2.30. The lowest BCUT2D eigenvalue weighted by atomic mass is 9.95. The third kappa shape index (κ3) is 4.33. The van der Waals surface area contributed by atoms with Crippen LogP contribution in [0.1, 0.15) is 36.7 Å². The maximum atomic E-state index is 13.3. The van der Waals surface area contributed by atoms with Gasteiger partial charge in [-0.15, -0.1) is 0 Å². The van der Waals surface area contributed by atoms with Crippen molar-refractivity contribution in [2.24, 2.45) is 11.3 Å². The third-order valence-corrected chi connectivity index (χ3v) is 5.52. The lowest BCUT2D eigenvalue weighted by Crippen LogP contribution is -2.45. The van der Waals surface area contributed by atoms with Gasteiger partial charge in [-0.1, -0.05) is 26.8 Å². The van der Waals surface area contributed by atoms with Gasteiger partial charge >= 0.3 is 0 Å². The standard InChI is InChI=1S/C21H31N3O3/c1-14-17(7-6-8-18(14)22-20(26)21(2,3)4)19(25)24-10-15-9-23(5)16(11-24)13-27-12-15/h6-8,15-16H,9-13H2,1-5H3,(H,22,26)/t15-,16+/m1/s1. The number of carbonyl (C=O) groups is 2. The van der Waals surface area contributed by atoms with Gasteiger partial charge in [-0.3, -0.25) is 14.5 Å². The number of fused-ring (bicyclic) bond motifs is 3. The second kappa shape index (κ2) is 7.60. The molecule has 0 saturated carbocycles. The minimum atomic E-state index is -0.487. The van der Waals surface area contributed by atoms with Gasteiger partial charge in [0.2, 0.25) is 5.91 Å².